The van der Waals surface area contributed by atoms with Crippen molar-refractivity contribution < 1.29 is 4.74 Å². The van der Waals surface area contributed by atoms with E-state index in [4.69, 9.17) is 4.74 Å². The van der Waals surface area contributed by atoms with Gasteiger partial charge in [-0.3, -0.25) is 0 Å². The van der Waals surface area contributed by atoms with Crippen LogP contribution >= 0.6 is 0 Å². The van der Waals surface area contributed by atoms with Crippen LogP contribution in [0, 0.1) is 17.8 Å². The number of rotatable bonds is 3. The van der Waals surface area contributed by atoms with Crippen molar-refractivity contribution in [3.05, 3.63) is 12.4 Å². The van der Waals surface area contributed by atoms with Gasteiger partial charge in [0.05, 0.1) is 0 Å². The number of nitrogens with zero attached hydrogens (tertiary/aromatic N) is 3. The van der Waals surface area contributed by atoms with Crippen LogP contribution in [0.5, 0.6) is 5.88 Å². The molecule has 4 heteroatoms. The summed E-state index contributed by atoms with van der Waals surface area (Å²) in [6, 6.07) is 1.91. The Balaban J connectivity index is 1.98. The SMILES string of the molecule is CCC#CCOc1cc(N2CCCC(C)C2)ncn1. The lowest BCUT2D eigenvalue weighted by Crippen LogP contribution is -2.34. The first-order valence-electron chi connectivity index (χ1n) is 6.95. The van der Waals surface area contributed by atoms with E-state index in [9.17, 15) is 0 Å². The topological polar surface area (TPSA) is 38.2 Å². The van der Waals surface area contributed by atoms with Gasteiger partial charge in [0.1, 0.15) is 12.1 Å². The summed E-state index contributed by atoms with van der Waals surface area (Å²) in [5.74, 6) is 8.21. The smallest absolute Gasteiger partial charge is 0.219 e. The molecule has 0 spiro atoms. The van der Waals surface area contributed by atoms with Crippen LogP contribution in [0.1, 0.15) is 33.1 Å². The highest BCUT2D eigenvalue weighted by Gasteiger charge is 2.17. The number of aromatic nitrogens is 2. The number of piperidine rings is 1. The highest BCUT2D eigenvalue weighted by atomic mass is 16.5. The minimum Gasteiger partial charge on any atom is -0.464 e. The van der Waals surface area contributed by atoms with E-state index in [-0.39, 0.29) is 0 Å². The van der Waals surface area contributed by atoms with Crippen LogP contribution in [0.3, 0.4) is 0 Å². The zero-order valence-corrected chi connectivity index (χ0v) is 11.7. The molecule has 1 aliphatic heterocycles. The molecule has 0 saturated carbocycles. The monoisotopic (exact) mass is 259 g/mol. The Kier molecular flexibility index (Phi) is 5.02. The molecule has 1 saturated heterocycles. The van der Waals surface area contributed by atoms with E-state index in [1.165, 1.54) is 12.8 Å². The third-order valence-corrected chi connectivity index (χ3v) is 3.20. The standard InChI is InChI=1S/C15H21N3O/c1-3-4-5-9-19-15-10-14(16-12-17-15)18-8-6-7-13(2)11-18/h10,12-13H,3,6-9,11H2,1-2H3. The molecule has 1 aliphatic rings. The van der Waals surface area contributed by atoms with Crippen molar-refractivity contribution in [1.82, 2.24) is 9.97 Å². The van der Waals surface area contributed by atoms with E-state index in [0.29, 0.717) is 12.5 Å². The minimum absolute atomic E-state index is 0.390. The van der Waals surface area contributed by atoms with E-state index in [2.05, 4.69) is 33.6 Å². The van der Waals surface area contributed by atoms with Gasteiger partial charge in [-0.25, -0.2) is 9.97 Å². The molecule has 0 N–H and O–H groups in total. The molecule has 2 heterocycles. The molecule has 0 bridgehead atoms. The van der Waals surface area contributed by atoms with E-state index in [1.54, 1.807) is 6.33 Å². The average molecular weight is 259 g/mol. The van der Waals surface area contributed by atoms with Gasteiger partial charge in [-0.15, -0.1) is 5.92 Å². The molecule has 1 aromatic rings. The summed E-state index contributed by atoms with van der Waals surface area (Å²) in [7, 11) is 0. The predicted octanol–water partition coefficient (Wildman–Crippen LogP) is 2.51. The molecule has 4 nitrogen and oxygen atoms in total. The number of hydrogen-bond acceptors (Lipinski definition) is 4. The Labute approximate surface area is 115 Å². The molecule has 2 rings (SSSR count). The molecular formula is C15H21N3O. The van der Waals surface area contributed by atoms with Crippen LogP contribution < -0.4 is 9.64 Å². The van der Waals surface area contributed by atoms with Gasteiger partial charge in [-0.05, 0) is 18.8 Å². The van der Waals surface area contributed by atoms with Gasteiger partial charge in [0.15, 0.2) is 6.61 Å². The molecule has 102 valence electrons. The second-order valence-corrected chi connectivity index (χ2v) is 4.90. The Morgan fingerprint density at radius 3 is 3.11 bits per heavy atom. The van der Waals surface area contributed by atoms with E-state index < -0.39 is 0 Å². The normalized spacial score (nSPS) is 18.6. The first-order valence-corrected chi connectivity index (χ1v) is 6.95. The van der Waals surface area contributed by atoms with Crippen LogP contribution in [0.4, 0.5) is 5.82 Å². The molecule has 0 amide bonds. The molecule has 1 aromatic heterocycles. The summed E-state index contributed by atoms with van der Waals surface area (Å²) in [5.41, 5.74) is 0. The second-order valence-electron chi connectivity index (χ2n) is 4.90. The molecule has 0 aromatic carbocycles. The maximum atomic E-state index is 5.51. The van der Waals surface area contributed by atoms with E-state index in [0.717, 1.165) is 31.2 Å². The summed E-state index contributed by atoms with van der Waals surface area (Å²) in [4.78, 5) is 10.8. The average Bonchev–Trinajstić information content (AvgIpc) is 2.44. The van der Waals surface area contributed by atoms with E-state index in [1.807, 2.05) is 13.0 Å². The van der Waals surface area contributed by atoms with Gasteiger partial charge in [-0.2, -0.15) is 0 Å². The first-order chi connectivity index (χ1) is 9.29. The summed E-state index contributed by atoms with van der Waals surface area (Å²) in [5, 5.41) is 0. The predicted molar refractivity (Wildman–Crippen MR) is 76.2 cm³/mol. The Bertz CT molecular complexity index is 464. The van der Waals surface area contributed by atoms with Gasteiger partial charge < -0.3 is 9.64 Å². The van der Waals surface area contributed by atoms with Crippen LogP contribution in [-0.4, -0.2) is 29.7 Å². The fraction of sp³-hybridized carbons (Fsp3) is 0.600. The zero-order chi connectivity index (χ0) is 13.5. The lowest BCUT2D eigenvalue weighted by Gasteiger charge is -2.31. The van der Waals surface area contributed by atoms with Gasteiger partial charge in [0, 0.05) is 25.6 Å². The Morgan fingerprint density at radius 2 is 2.32 bits per heavy atom. The van der Waals surface area contributed by atoms with Crippen molar-refractivity contribution in [1.29, 1.82) is 0 Å². The van der Waals surface area contributed by atoms with Crippen molar-refractivity contribution in [2.24, 2.45) is 5.92 Å². The molecular weight excluding hydrogens is 238 g/mol. The zero-order valence-electron chi connectivity index (χ0n) is 11.7. The molecule has 19 heavy (non-hydrogen) atoms. The van der Waals surface area contributed by atoms with Gasteiger partial charge >= 0.3 is 0 Å². The highest BCUT2D eigenvalue weighted by Crippen LogP contribution is 2.22. The highest BCUT2D eigenvalue weighted by molar-refractivity contribution is 5.41. The van der Waals surface area contributed by atoms with Crippen LogP contribution in [-0.2, 0) is 0 Å². The van der Waals surface area contributed by atoms with Crippen LogP contribution in [0.2, 0.25) is 0 Å². The Morgan fingerprint density at radius 1 is 1.42 bits per heavy atom. The van der Waals surface area contributed by atoms with Crippen molar-refractivity contribution in [3.63, 3.8) is 0 Å². The lowest BCUT2D eigenvalue weighted by atomic mass is 10.0. The molecule has 1 fully saturated rings. The van der Waals surface area contributed by atoms with Crippen molar-refractivity contribution in [2.45, 2.75) is 33.1 Å². The summed E-state index contributed by atoms with van der Waals surface area (Å²) < 4.78 is 5.51. The molecule has 0 aliphatic carbocycles. The van der Waals surface area contributed by atoms with Crippen LogP contribution in [0.15, 0.2) is 12.4 Å². The fourth-order valence-electron chi connectivity index (χ4n) is 2.27. The lowest BCUT2D eigenvalue weighted by molar-refractivity contribution is 0.354. The number of ether oxygens (including phenoxy) is 1. The Hall–Kier alpha value is -1.76. The van der Waals surface area contributed by atoms with Crippen molar-refractivity contribution in [2.75, 3.05) is 24.6 Å². The fourth-order valence-corrected chi connectivity index (χ4v) is 2.27. The van der Waals surface area contributed by atoms with Crippen molar-refractivity contribution in [3.8, 4) is 17.7 Å². The third-order valence-electron chi connectivity index (χ3n) is 3.20. The largest absolute Gasteiger partial charge is 0.464 e. The van der Waals surface area contributed by atoms with Crippen molar-refractivity contribution >= 4 is 5.82 Å². The van der Waals surface area contributed by atoms with Crippen LogP contribution in [0.25, 0.3) is 0 Å². The first kappa shape index (κ1) is 13.7. The molecule has 1 atom stereocenters. The van der Waals surface area contributed by atoms with Gasteiger partial charge in [-0.1, -0.05) is 19.8 Å². The summed E-state index contributed by atoms with van der Waals surface area (Å²) in [6.45, 7) is 6.82. The van der Waals surface area contributed by atoms with Gasteiger partial charge in [0.2, 0.25) is 5.88 Å². The molecule has 0 radical (unpaired) electrons. The van der Waals surface area contributed by atoms with Gasteiger partial charge in [0.25, 0.3) is 0 Å². The number of hydrogen-bond donors (Lipinski definition) is 0. The summed E-state index contributed by atoms with van der Waals surface area (Å²) >= 11 is 0. The maximum absolute atomic E-state index is 5.51. The minimum atomic E-state index is 0.390. The second kappa shape index (κ2) is 6.98. The summed E-state index contributed by atoms with van der Waals surface area (Å²) in [6.07, 6.45) is 4.95. The number of anilines is 1. The quantitative estimate of drug-likeness (QED) is 0.782. The third kappa shape index (κ3) is 4.13. The molecule has 1 unspecified atom stereocenters. The maximum Gasteiger partial charge on any atom is 0.219 e. The van der Waals surface area contributed by atoms with E-state index >= 15 is 0 Å².